The van der Waals surface area contributed by atoms with Gasteiger partial charge in [0.15, 0.2) is 0 Å². The summed E-state index contributed by atoms with van der Waals surface area (Å²) in [4.78, 5) is 0. The average molecular weight is 282 g/mol. The molecule has 0 heterocycles. The van der Waals surface area contributed by atoms with Crippen molar-refractivity contribution in [3.63, 3.8) is 0 Å². The lowest BCUT2D eigenvalue weighted by Crippen LogP contribution is -1.91. The quantitative estimate of drug-likeness (QED) is 0.675. The minimum absolute atomic E-state index is 0.523. The Balaban J connectivity index is 0.00000106. The Morgan fingerprint density at radius 2 is 1.29 bits per heavy atom. The topological polar surface area (TPSA) is 20.2 Å². The molecule has 21 heavy (non-hydrogen) atoms. The summed E-state index contributed by atoms with van der Waals surface area (Å²) >= 11 is 0. The van der Waals surface area contributed by atoms with Crippen molar-refractivity contribution in [1.29, 1.82) is 0 Å². The molecule has 0 unspecified atom stereocenters. The van der Waals surface area contributed by atoms with Crippen LogP contribution in [-0.2, 0) is 0 Å². The van der Waals surface area contributed by atoms with E-state index in [1.54, 1.807) is 0 Å². The van der Waals surface area contributed by atoms with Crippen LogP contribution in [-0.4, -0.2) is 5.11 Å². The van der Waals surface area contributed by atoms with Crippen LogP contribution in [0, 0.1) is 6.92 Å². The van der Waals surface area contributed by atoms with E-state index in [4.69, 9.17) is 0 Å². The number of aliphatic hydroxyl groups is 1. The maximum Gasteiger partial charge on any atom is 0.0876 e. The molecule has 2 aromatic rings. The second kappa shape index (κ2) is 8.31. The molecule has 2 rings (SSSR count). The van der Waals surface area contributed by atoms with Crippen molar-refractivity contribution in [2.24, 2.45) is 0 Å². The van der Waals surface area contributed by atoms with Gasteiger partial charge in [0.05, 0.1) is 6.26 Å². The fraction of sp³-hybridized carbons (Fsp3) is 0.300. The van der Waals surface area contributed by atoms with Crippen LogP contribution in [0.2, 0.25) is 0 Å². The highest BCUT2D eigenvalue weighted by atomic mass is 16.2. The Bertz CT molecular complexity index is 560. The molecule has 0 bridgehead atoms. The van der Waals surface area contributed by atoms with E-state index in [0.717, 1.165) is 16.7 Å². The third kappa shape index (κ3) is 4.49. The molecule has 0 aliphatic rings. The Kier molecular flexibility index (Phi) is 6.74. The van der Waals surface area contributed by atoms with E-state index in [2.05, 4.69) is 57.2 Å². The lowest BCUT2D eigenvalue weighted by Gasteiger charge is -2.10. The van der Waals surface area contributed by atoms with Gasteiger partial charge >= 0.3 is 0 Å². The molecule has 1 N–H and O–H groups in total. The lowest BCUT2D eigenvalue weighted by molar-refractivity contribution is 0.476. The number of hydrogen-bond acceptors (Lipinski definition) is 1. The van der Waals surface area contributed by atoms with Gasteiger partial charge in [-0.3, -0.25) is 0 Å². The Morgan fingerprint density at radius 3 is 1.67 bits per heavy atom. The number of aryl methyl sites for hydroxylation is 1. The van der Waals surface area contributed by atoms with Crippen LogP contribution < -0.4 is 0 Å². The Morgan fingerprint density at radius 1 is 0.857 bits per heavy atom. The van der Waals surface area contributed by atoms with Gasteiger partial charge in [0.1, 0.15) is 0 Å². The van der Waals surface area contributed by atoms with Gasteiger partial charge < -0.3 is 5.11 Å². The van der Waals surface area contributed by atoms with Gasteiger partial charge in [0, 0.05) is 5.57 Å². The van der Waals surface area contributed by atoms with E-state index < -0.39 is 0 Å². The van der Waals surface area contributed by atoms with Crippen LogP contribution >= 0.6 is 0 Å². The molecule has 1 nitrogen and oxygen atoms in total. The molecule has 0 aromatic heterocycles. The van der Waals surface area contributed by atoms with E-state index >= 15 is 0 Å². The zero-order valence-corrected chi connectivity index (χ0v) is 13.7. The van der Waals surface area contributed by atoms with Crippen molar-refractivity contribution in [1.82, 2.24) is 0 Å². The first-order valence-corrected chi connectivity index (χ1v) is 7.63. The van der Waals surface area contributed by atoms with Crippen LogP contribution in [0.25, 0.3) is 5.57 Å². The standard InChI is InChI=1S/C18H20O.C2H6/c1-13(2)15-8-10-17(11-9-15)18(12-19)16-6-4-14(3)5-7-16;1-2/h4-13,19H,1-3H3;1-2H3/b18-12+;. The van der Waals surface area contributed by atoms with E-state index in [1.807, 2.05) is 26.0 Å². The highest BCUT2D eigenvalue weighted by Gasteiger charge is 2.06. The molecule has 0 atom stereocenters. The monoisotopic (exact) mass is 282 g/mol. The molecule has 0 amide bonds. The van der Waals surface area contributed by atoms with Gasteiger partial charge in [0.2, 0.25) is 0 Å². The van der Waals surface area contributed by atoms with Crippen LogP contribution in [0.5, 0.6) is 0 Å². The van der Waals surface area contributed by atoms with Crippen molar-refractivity contribution in [2.45, 2.75) is 40.5 Å². The Hall–Kier alpha value is -2.02. The lowest BCUT2D eigenvalue weighted by atomic mass is 9.95. The summed E-state index contributed by atoms with van der Waals surface area (Å²) in [7, 11) is 0. The maximum atomic E-state index is 9.52. The predicted octanol–water partition coefficient (Wildman–Crippen LogP) is 6.09. The molecule has 2 aromatic carbocycles. The van der Waals surface area contributed by atoms with Crippen molar-refractivity contribution < 1.29 is 5.11 Å². The summed E-state index contributed by atoms with van der Waals surface area (Å²) in [6.45, 7) is 10.4. The van der Waals surface area contributed by atoms with E-state index in [1.165, 1.54) is 17.4 Å². The minimum atomic E-state index is 0.523. The first kappa shape index (κ1) is 17.0. The van der Waals surface area contributed by atoms with Crippen molar-refractivity contribution in [3.8, 4) is 0 Å². The summed E-state index contributed by atoms with van der Waals surface area (Å²) in [5.74, 6) is 0.523. The first-order valence-electron chi connectivity index (χ1n) is 7.63. The number of rotatable bonds is 3. The molecule has 0 fully saturated rings. The third-order valence-corrected chi connectivity index (χ3v) is 3.38. The zero-order valence-electron chi connectivity index (χ0n) is 13.7. The highest BCUT2D eigenvalue weighted by Crippen LogP contribution is 2.25. The van der Waals surface area contributed by atoms with E-state index in [9.17, 15) is 5.11 Å². The predicted molar refractivity (Wildman–Crippen MR) is 92.8 cm³/mol. The smallest absolute Gasteiger partial charge is 0.0876 e. The largest absolute Gasteiger partial charge is 0.515 e. The second-order valence-corrected chi connectivity index (χ2v) is 5.19. The van der Waals surface area contributed by atoms with Crippen LogP contribution in [0.3, 0.4) is 0 Å². The summed E-state index contributed by atoms with van der Waals surface area (Å²) in [6, 6.07) is 16.6. The van der Waals surface area contributed by atoms with Crippen LogP contribution in [0.15, 0.2) is 54.8 Å². The molecule has 1 heteroatoms. The zero-order chi connectivity index (χ0) is 15.8. The van der Waals surface area contributed by atoms with Gasteiger partial charge in [-0.25, -0.2) is 0 Å². The van der Waals surface area contributed by atoms with Crippen molar-refractivity contribution in [3.05, 3.63) is 77.0 Å². The fourth-order valence-corrected chi connectivity index (χ4v) is 2.10. The number of aliphatic hydroxyl groups excluding tert-OH is 1. The number of hydrogen-bond donors (Lipinski definition) is 1. The highest BCUT2D eigenvalue weighted by molar-refractivity contribution is 5.79. The average Bonchev–Trinajstić information content (AvgIpc) is 2.52. The fourth-order valence-electron chi connectivity index (χ4n) is 2.10. The SMILES string of the molecule is CC.Cc1ccc(/C(=C\O)c2ccc(C(C)C)cc2)cc1. The van der Waals surface area contributed by atoms with Gasteiger partial charge in [0.25, 0.3) is 0 Å². The normalized spacial score (nSPS) is 11.0. The summed E-state index contributed by atoms with van der Waals surface area (Å²) < 4.78 is 0. The number of benzene rings is 2. The molecule has 0 spiro atoms. The van der Waals surface area contributed by atoms with Crippen LogP contribution in [0.4, 0.5) is 0 Å². The van der Waals surface area contributed by atoms with E-state index in [-0.39, 0.29) is 0 Å². The molecule has 0 saturated heterocycles. The third-order valence-electron chi connectivity index (χ3n) is 3.38. The minimum Gasteiger partial charge on any atom is -0.515 e. The first-order chi connectivity index (χ1) is 10.1. The van der Waals surface area contributed by atoms with Gasteiger partial charge in [-0.05, 0) is 29.5 Å². The molecular weight excluding hydrogens is 256 g/mol. The molecule has 0 aliphatic carbocycles. The molecule has 0 aliphatic heterocycles. The maximum absolute atomic E-state index is 9.52. The van der Waals surface area contributed by atoms with Gasteiger partial charge in [-0.2, -0.15) is 0 Å². The van der Waals surface area contributed by atoms with Gasteiger partial charge in [-0.15, -0.1) is 0 Å². The van der Waals surface area contributed by atoms with Crippen molar-refractivity contribution in [2.75, 3.05) is 0 Å². The summed E-state index contributed by atoms with van der Waals surface area (Å²) in [5, 5.41) is 9.52. The van der Waals surface area contributed by atoms with E-state index in [0.29, 0.717) is 5.92 Å². The van der Waals surface area contributed by atoms with Crippen molar-refractivity contribution >= 4 is 5.57 Å². The molecule has 0 radical (unpaired) electrons. The molecule has 112 valence electrons. The van der Waals surface area contributed by atoms with Crippen LogP contribution in [0.1, 0.15) is 55.9 Å². The molecular formula is C20H26O. The van der Waals surface area contributed by atoms with Gasteiger partial charge in [-0.1, -0.05) is 81.8 Å². The Labute approximate surface area is 129 Å². The second-order valence-electron chi connectivity index (χ2n) is 5.19. The summed E-state index contributed by atoms with van der Waals surface area (Å²) in [6.07, 6.45) is 1.19. The molecule has 0 saturated carbocycles. The summed E-state index contributed by atoms with van der Waals surface area (Å²) in [5.41, 5.74) is 5.46.